The van der Waals surface area contributed by atoms with Crippen molar-refractivity contribution in [3.63, 3.8) is 0 Å². The first kappa shape index (κ1) is 61.7. The number of hydrogen-bond donors (Lipinski definition) is 2. The van der Waals surface area contributed by atoms with Crippen molar-refractivity contribution in [1.29, 1.82) is 5.26 Å². The first-order valence-electron chi connectivity index (χ1n) is 27.6. The summed E-state index contributed by atoms with van der Waals surface area (Å²) in [5, 5.41) is 15.0. The number of carbonyl (C=O) groups excluding carboxylic acids is 2. The summed E-state index contributed by atoms with van der Waals surface area (Å²) in [5.41, 5.74) is 2.24. The van der Waals surface area contributed by atoms with Crippen LogP contribution >= 0.6 is 8.53 Å². The number of hydrogen-bond acceptors (Lipinski definition) is 16. The van der Waals surface area contributed by atoms with Crippen molar-refractivity contribution in [1.82, 2.24) is 24.2 Å². The van der Waals surface area contributed by atoms with Gasteiger partial charge in [0, 0.05) is 12.1 Å². The van der Waals surface area contributed by atoms with Crippen molar-refractivity contribution in [3.8, 4) is 23.3 Å². The second kappa shape index (κ2) is 27.8. The van der Waals surface area contributed by atoms with E-state index in [1.54, 1.807) is 49.4 Å². The molecule has 83 heavy (non-hydrogen) atoms. The summed E-state index contributed by atoms with van der Waals surface area (Å²) in [6.45, 7) is 18.7. The molecule has 1 saturated heterocycles. The Hall–Kier alpha value is -7.31. The molecule has 5 atom stereocenters. The fourth-order valence-corrected chi connectivity index (χ4v) is 12.5. The van der Waals surface area contributed by atoms with Crippen molar-refractivity contribution in [2.75, 3.05) is 44.7 Å². The summed E-state index contributed by atoms with van der Waals surface area (Å²) < 4.78 is 63.5. The Kier molecular flexibility index (Phi) is 20.7. The molecule has 0 bridgehead atoms. The summed E-state index contributed by atoms with van der Waals surface area (Å²) in [6, 6.07) is 45.8. The standard InChI is InChI=1S/C62H75N8O11PSi/c1-42(2)70(43(3)4)82(78-37-21-36-63)80-54-51(39-77-62(45-24-17-13-18-25-45,46-28-32-48(73-8)33-29-46)47-30-34-49(74-9)35-31-47)79-58(55(54)81-83(10,11)61(5,6)7)69-41-64-53-56(67-60(72)76-38-44-22-15-12-16-23-44)66-59(68-57(53)69)65-52(71)40-75-50-26-19-14-20-27-50/h12-20,22-35,41-43,51,54-55,58H,21,37-40H2,1-11H3,(H2,65,66,67,68,71,72)/t51-,54-,55-,58-,82?/m1/s1. The molecule has 1 aliphatic rings. The molecular formula is C62H75N8O11PSi. The fourth-order valence-electron chi connectivity index (χ4n) is 9.44. The molecule has 0 spiro atoms. The lowest BCUT2D eigenvalue weighted by molar-refractivity contribution is -0.118. The maximum Gasteiger partial charge on any atom is 0.413 e. The Bertz CT molecular complexity index is 3200. The number of nitrogens with one attached hydrogen (secondary N) is 2. The number of aromatic nitrogens is 4. The fraction of sp³-hybridized carbons (Fsp3) is 0.387. The van der Waals surface area contributed by atoms with Gasteiger partial charge in [0.2, 0.25) is 5.95 Å². The first-order chi connectivity index (χ1) is 39.8. The summed E-state index contributed by atoms with van der Waals surface area (Å²) in [5.74, 6) is 1.03. The van der Waals surface area contributed by atoms with Gasteiger partial charge in [0.05, 0.1) is 46.3 Å². The Morgan fingerprint density at radius 3 is 1.92 bits per heavy atom. The average molecular weight is 1170 g/mol. The molecule has 2 amide bonds. The number of imidazole rings is 1. The molecule has 5 aromatic carbocycles. The quantitative estimate of drug-likeness (QED) is 0.0223. The highest BCUT2D eigenvalue weighted by Crippen LogP contribution is 2.53. The maximum atomic E-state index is 13.7. The van der Waals surface area contributed by atoms with Gasteiger partial charge in [-0.25, -0.2) is 14.4 Å². The SMILES string of the molecule is COc1ccc(C(OC[C@H]2O[C@@H](n3cnc4c(NC(=O)OCc5ccccc5)nc(NC(=O)COc5ccccc5)nc43)[C@H](O[Si](C)(C)C(C)(C)C)[C@@H]2OP(OCCC#N)N(C(C)C)C(C)C)(c2ccccc2)c2ccc(OC)cc2)cc1. The lowest BCUT2D eigenvalue weighted by atomic mass is 9.80. The van der Waals surface area contributed by atoms with Crippen molar-refractivity contribution in [2.45, 2.75) is 122 Å². The molecule has 0 radical (unpaired) electrons. The molecule has 19 nitrogen and oxygen atoms in total. The molecule has 2 aromatic heterocycles. The molecule has 1 unspecified atom stereocenters. The molecule has 7 aromatic rings. The van der Waals surface area contributed by atoms with Crippen LogP contribution in [0.1, 0.15) is 83.4 Å². The normalized spacial score (nSPS) is 16.9. The van der Waals surface area contributed by atoms with Crippen LogP contribution in [-0.2, 0) is 44.7 Å². The van der Waals surface area contributed by atoms with Gasteiger partial charge in [-0.05, 0) is 104 Å². The van der Waals surface area contributed by atoms with E-state index < -0.39 is 59.0 Å². The number of rotatable bonds is 26. The molecule has 2 N–H and O–H groups in total. The van der Waals surface area contributed by atoms with E-state index in [2.05, 4.69) is 87.9 Å². The van der Waals surface area contributed by atoms with E-state index in [1.165, 1.54) is 0 Å². The van der Waals surface area contributed by atoms with E-state index >= 15 is 0 Å². The lowest BCUT2D eigenvalue weighted by Gasteiger charge is -2.42. The molecule has 0 saturated carbocycles. The number of amides is 2. The van der Waals surface area contributed by atoms with Gasteiger partial charge in [0.15, 0.2) is 38.1 Å². The number of anilines is 2. The predicted molar refractivity (Wildman–Crippen MR) is 320 cm³/mol. The van der Waals surface area contributed by atoms with Gasteiger partial charge in [-0.1, -0.05) is 124 Å². The molecule has 3 heterocycles. The van der Waals surface area contributed by atoms with Gasteiger partial charge in [-0.15, -0.1) is 0 Å². The average Bonchev–Trinajstić information content (AvgIpc) is 2.77. The van der Waals surface area contributed by atoms with Crippen molar-refractivity contribution < 1.29 is 51.5 Å². The number of fused-ring (bicyclic) bond motifs is 1. The lowest BCUT2D eigenvalue weighted by Crippen LogP contribution is -2.50. The smallest absolute Gasteiger partial charge is 0.413 e. The molecular weight excluding hydrogens is 1090 g/mol. The van der Waals surface area contributed by atoms with Crippen LogP contribution in [0.25, 0.3) is 11.2 Å². The maximum absolute atomic E-state index is 13.7. The van der Waals surface area contributed by atoms with Gasteiger partial charge in [0.1, 0.15) is 47.8 Å². The number of nitriles is 1. The third-order valence-corrected chi connectivity index (χ3v) is 21.1. The molecule has 1 aliphatic heterocycles. The minimum atomic E-state index is -2.82. The zero-order valence-corrected chi connectivity index (χ0v) is 50.9. The molecule has 0 aliphatic carbocycles. The van der Waals surface area contributed by atoms with Gasteiger partial charge in [0.25, 0.3) is 14.4 Å². The molecule has 21 heteroatoms. The van der Waals surface area contributed by atoms with Crippen molar-refractivity contribution in [3.05, 3.63) is 168 Å². The summed E-state index contributed by atoms with van der Waals surface area (Å²) in [7, 11) is -1.49. The second-order valence-corrected chi connectivity index (χ2v) is 28.1. The van der Waals surface area contributed by atoms with E-state index in [4.69, 9.17) is 51.9 Å². The monoisotopic (exact) mass is 1170 g/mol. The highest BCUT2D eigenvalue weighted by molar-refractivity contribution is 7.44. The van der Waals surface area contributed by atoms with Crippen LogP contribution in [0.2, 0.25) is 18.1 Å². The molecule has 1 fully saturated rings. The van der Waals surface area contributed by atoms with Crippen LogP contribution < -0.4 is 24.8 Å². The number of ether oxygens (including phenoxy) is 6. The van der Waals surface area contributed by atoms with E-state index in [1.807, 2.05) is 115 Å². The van der Waals surface area contributed by atoms with E-state index in [9.17, 15) is 14.9 Å². The Morgan fingerprint density at radius 2 is 1.35 bits per heavy atom. The van der Waals surface area contributed by atoms with Crippen LogP contribution in [0.3, 0.4) is 0 Å². The van der Waals surface area contributed by atoms with Gasteiger partial charge >= 0.3 is 6.09 Å². The number of methoxy groups -OCH3 is 2. The van der Waals surface area contributed by atoms with Gasteiger partial charge in [-0.3, -0.25) is 20.0 Å². The summed E-state index contributed by atoms with van der Waals surface area (Å²) in [4.78, 5) is 41.7. The summed E-state index contributed by atoms with van der Waals surface area (Å²) in [6.07, 6.45) is -3.03. The third kappa shape index (κ3) is 14.9. The third-order valence-electron chi connectivity index (χ3n) is 14.5. The zero-order chi connectivity index (χ0) is 59.3. The number of para-hydroxylation sites is 1. The molecule has 438 valence electrons. The number of nitrogens with zero attached hydrogens (tertiary/aromatic N) is 6. The Labute approximate surface area is 488 Å². The van der Waals surface area contributed by atoms with E-state index in [0.717, 1.165) is 22.3 Å². The zero-order valence-electron chi connectivity index (χ0n) is 49.0. The topological polar surface area (TPSA) is 212 Å². The second-order valence-electron chi connectivity index (χ2n) is 21.9. The highest BCUT2D eigenvalue weighted by Gasteiger charge is 2.55. The Balaban J connectivity index is 1.30. The highest BCUT2D eigenvalue weighted by atomic mass is 31.2. The van der Waals surface area contributed by atoms with E-state index in [0.29, 0.717) is 17.2 Å². The predicted octanol–water partition coefficient (Wildman–Crippen LogP) is 12.6. The van der Waals surface area contributed by atoms with Crippen LogP contribution in [0.4, 0.5) is 16.6 Å². The largest absolute Gasteiger partial charge is 0.497 e. The van der Waals surface area contributed by atoms with Crippen LogP contribution in [0.5, 0.6) is 17.2 Å². The minimum absolute atomic E-state index is 0.0285. The minimum Gasteiger partial charge on any atom is -0.497 e. The first-order valence-corrected chi connectivity index (χ1v) is 31.7. The van der Waals surface area contributed by atoms with Gasteiger partial charge < -0.3 is 41.9 Å². The van der Waals surface area contributed by atoms with Crippen LogP contribution in [0, 0.1) is 11.3 Å². The van der Waals surface area contributed by atoms with Crippen LogP contribution in [-0.4, -0.2) is 109 Å². The number of benzene rings is 5. The van der Waals surface area contributed by atoms with Crippen LogP contribution in [0.15, 0.2) is 146 Å². The van der Waals surface area contributed by atoms with Crippen molar-refractivity contribution in [2.24, 2.45) is 0 Å². The molecule has 8 rings (SSSR count). The Morgan fingerprint density at radius 1 is 0.771 bits per heavy atom. The number of carbonyl (C=O) groups is 2. The van der Waals surface area contributed by atoms with E-state index in [-0.39, 0.29) is 72.9 Å². The summed E-state index contributed by atoms with van der Waals surface area (Å²) >= 11 is 0. The van der Waals surface area contributed by atoms with Gasteiger partial charge in [-0.2, -0.15) is 15.2 Å². The van der Waals surface area contributed by atoms with Crippen molar-refractivity contribution >= 4 is 51.8 Å².